The van der Waals surface area contributed by atoms with Gasteiger partial charge in [0.1, 0.15) is 6.10 Å². The van der Waals surface area contributed by atoms with Crippen LogP contribution in [0.15, 0.2) is 18.2 Å². The summed E-state index contributed by atoms with van der Waals surface area (Å²) in [5.41, 5.74) is -0.916. The fourth-order valence-corrected chi connectivity index (χ4v) is 1.85. The van der Waals surface area contributed by atoms with Crippen LogP contribution < -0.4 is 0 Å². The molecule has 0 heterocycles. The van der Waals surface area contributed by atoms with Crippen molar-refractivity contribution in [1.29, 1.82) is 0 Å². The summed E-state index contributed by atoms with van der Waals surface area (Å²) in [6, 6.07) is 3.13. The number of thiol groups is 1. The first kappa shape index (κ1) is 15.4. The molecule has 104 valence electrons. The first-order valence-corrected chi connectivity index (χ1v) is 6.00. The van der Waals surface area contributed by atoms with Crippen LogP contribution in [0.3, 0.4) is 0 Å². The van der Waals surface area contributed by atoms with Crippen molar-refractivity contribution in [2.24, 2.45) is 0 Å². The molecule has 1 rings (SSSR count). The van der Waals surface area contributed by atoms with Crippen LogP contribution in [0.25, 0.3) is 0 Å². The van der Waals surface area contributed by atoms with E-state index in [2.05, 4.69) is 12.6 Å². The van der Waals surface area contributed by atoms with E-state index in [1.54, 1.807) is 0 Å². The maximum absolute atomic E-state index is 10.9. The molecule has 2 atom stereocenters. The van der Waals surface area contributed by atoms with Gasteiger partial charge in [0.2, 0.25) is 0 Å². The van der Waals surface area contributed by atoms with Gasteiger partial charge >= 0.3 is 5.97 Å². The highest BCUT2D eigenvalue weighted by Crippen LogP contribution is 2.29. The smallest absolute Gasteiger partial charge is 0.335 e. The molecule has 0 saturated heterocycles. The quantitative estimate of drug-likeness (QED) is 0.352. The van der Waals surface area contributed by atoms with Gasteiger partial charge in [0.15, 0.2) is 0 Å². The molecule has 3 N–H and O–H groups in total. The van der Waals surface area contributed by atoms with Crippen LogP contribution in [0, 0.1) is 10.1 Å². The van der Waals surface area contributed by atoms with Gasteiger partial charge < -0.3 is 15.3 Å². The molecule has 19 heavy (non-hydrogen) atoms. The molecule has 2 unspecified atom stereocenters. The number of aromatic carboxylic acids is 1. The summed E-state index contributed by atoms with van der Waals surface area (Å²) in [4.78, 5) is 20.8. The topological polar surface area (TPSA) is 121 Å². The Morgan fingerprint density at radius 2 is 2.05 bits per heavy atom. The highest BCUT2D eigenvalue weighted by molar-refractivity contribution is 7.80. The molecule has 0 aromatic heterocycles. The lowest BCUT2D eigenvalue weighted by Gasteiger charge is -2.17. The maximum atomic E-state index is 10.9. The maximum Gasteiger partial charge on any atom is 0.335 e. The SMILES string of the molecule is O=C(O)c1ccc(C(O)C(O)CCS)c([N+](=O)[O-])c1. The second-order valence-electron chi connectivity index (χ2n) is 3.86. The second kappa shape index (κ2) is 6.50. The number of rotatable bonds is 6. The third-order valence-electron chi connectivity index (χ3n) is 2.58. The van der Waals surface area contributed by atoms with E-state index in [1.807, 2.05) is 0 Å². The Morgan fingerprint density at radius 3 is 2.53 bits per heavy atom. The van der Waals surface area contributed by atoms with Gasteiger partial charge in [-0.2, -0.15) is 12.6 Å². The average Bonchev–Trinajstić information content (AvgIpc) is 2.37. The number of hydrogen-bond donors (Lipinski definition) is 4. The Kier molecular flexibility index (Phi) is 5.28. The molecule has 0 spiro atoms. The van der Waals surface area contributed by atoms with Crippen molar-refractivity contribution in [2.75, 3.05) is 5.75 Å². The minimum Gasteiger partial charge on any atom is -0.478 e. The van der Waals surface area contributed by atoms with Crippen LogP contribution in [0.1, 0.15) is 28.4 Å². The fourth-order valence-electron chi connectivity index (χ4n) is 1.58. The summed E-state index contributed by atoms with van der Waals surface area (Å²) >= 11 is 3.89. The molecular formula is C11H13NO6S. The van der Waals surface area contributed by atoms with Gasteiger partial charge in [0.05, 0.1) is 22.2 Å². The Hall–Kier alpha value is -1.64. The molecule has 1 aromatic carbocycles. The number of nitrogens with zero attached hydrogens (tertiary/aromatic N) is 1. The van der Waals surface area contributed by atoms with Crippen molar-refractivity contribution in [3.63, 3.8) is 0 Å². The number of nitro benzene ring substituents is 1. The monoisotopic (exact) mass is 287 g/mol. The van der Waals surface area contributed by atoms with E-state index in [4.69, 9.17) is 5.11 Å². The summed E-state index contributed by atoms with van der Waals surface area (Å²) < 4.78 is 0. The normalized spacial score (nSPS) is 13.8. The Balaban J connectivity index is 3.20. The van der Waals surface area contributed by atoms with Crippen LogP contribution in [-0.4, -0.2) is 38.1 Å². The predicted octanol–water partition coefficient (Wildman–Crippen LogP) is 1.01. The van der Waals surface area contributed by atoms with Crippen molar-refractivity contribution in [3.8, 4) is 0 Å². The van der Waals surface area contributed by atoms with E-state index in [9.17, 15) is 25.1 Å². The zero-order valence-electron chi connectivity index (χ0n) is 9.76. The van der Waals surface area contributed by atoms with E-state index in [0.717, 1.165) is 18.2 Å². The van der Waals surface area contributed by atoms with Crippen LogP contribution in [0.2, 0.25) is 0 Å². The first-order valence-electron chi connectivity index (χ1n) is 5.37. The Morgan fingerprint density at radius 1 is 1.42 bits per heavy atom. The standard InChI is InChI=1S/C11H13NO6S/c13-9(3-4-19)10(14)7-2-1-6(11(15)16)5-8(7)12(17)18/h1-2,5,9-10,13-14,19H,3-4H2,(H,15,16). The average molecular weight is 287 g/mol. The highest BCUT2D eigenvalue weighted by atomic mass is 32.1. The molecule has 0 radical (unpaired) electrons. The number of carboxylic acid groups (broad SMARTS) is 1. The number of carbonyl (C=O) groups is 1. The van der Waals surface area contributed by atoms with Crippen molar-refractivity contribution in [1.82, 2.24) is 0 Å². The largest absolute Gasteiger partial charge is 0.478 e. The molecule has 1 aromatic rings. The molecule has 7 nitrogen and oxygen atoms in total. The third-order valence-corrected chi connectivity index (χ3v) is 2.84. The van der Waals surface area contributed by atoms with Crippen molar-refractivity contribution in [3.05, 3.63) is 39.4 Å². The Bertz CT molecular complexity index is 492. The van der Waals surface area contributed by atoms with Gasteiger partial charge in [0.25, 0.3) is 5.69 Å². The minimum absolute atomic E-state index is 0.121. The predicted molar refractivity (Wildman–Crippen MR) is 69.5 cm³/mol. The van der Waals surface area contributed by atoms with Gasteiger partial charge in [-0.25, -0.2) is 4.79 Å². The van der Waals surface area contributed by atoms with Crippen LogP contribution in [-0.2, 0) is 0 Å². The van der Waals surface area contributed by atoms with Gasteiger partial charge in [-0.05, 0) is 24.3 Å². The van der Waals surface area contributed by atoms with E-state index in [1.165, 1.54) is 0 Å². The molecule has 0 bridgehead atoms. The third kappa shape index (κ3) is 3.66. The molecule has 0 aliphatic carbocycles. The summed E-state index contributed by atoms with van der Waals surface area (Å²) in [5, 5.41) is 39.1. The fraction of sp³-hybridized carbons (Fsp3) is 0.364. The lowest BCUT2D eigenvalue weighted by atomic mass is 9.99. The van der Waals surface area contributed by atoms with Crippen molar-refractivity contribution in [2.45, 2.75) is 18.6 Å². The van der Waals surface area contributed by atoms with Crippen LogP contribution in [0.4, 0.5) is 5.69 Å². The molecule has 0 aliphatic rings. The summed E-state index contributed by atoms with van der Waals surface area (Å²) in [6.45, 7) is 0. The van der Waals surface area contributed by atoms with E-state index in [0.29, 0.717) is 5.75 Å². The van der Waals surface area contributed by atoms with Gasteiger partial charge in [-0.1, -0.05) is 0 Å². The lowest BCUT2D eigenvalue weighted by molar-refractivity contribution is -0.386. The van der Waals surface area contributed by atoms with E-state index >= 15 is 0 Å². The molecule has 0 saturated carbocycles. The van der Waals surface area contributed by atoms with Crippen LogP contribution in [0.5, 0.6) is 0 Å². The van der Waals surface area contributed by atoms with Gasteiger partial charge in [0, 0.05) is 6.07 Å². The molecule has 8 heteroatoms. The van der Waals surface area contributed by atoms with Crippen molar-refractivity contribution < 1.29 is 25.0 Å². The lowest BCUT2D eigenvalue weighted by Crippen LogP contribution is -2.20. The zero-order valence-corrected chi connectivity index (χ0v) is 10.7. The second-order valence-corrected chi connectivity index (χ2v) is 4.31. The molecule has 0 amide bonds. The summed E-state index contributed by atoms with van der Waals surface area (Å²) in [6.07, 6.45) is -2.51. The zero-order chi connectivity index (χ0) is 14.6. The molecular weight excluding hydrogens is 274 g/mol. The highest BCUT2D eigenvalue weighted by Gasteiger charge is 2.27. The number of aliphatic hydroxyl groups excluding tert-OH is 2. The number of nitro groups is 1. The minimum atomic E-state index is -1.46. The summed E-state index contributed by atoms with van der Waals surface area (Å²) in [7, 11) is 0. The molecule has 0 fully saturated rings. The van der Waals surface area contributed by atoms with Gasteiger partial charge in [-0.15, -0.1) is 0 Å². The number of carboxylic acids is 1. The number of hydrogen-bond acceptors (Lipinski definition) is 6. The Labute approximate surface area is 114 Å². The van der Waals surface area contributed by atoms with Crippen LogP contribution >= 0.6 is 12.6 Å². The number of benzene rings is 1. The van der Waals surface area contributed by atoms with E-state index in [-0.39, 0.29) is 17.5 Å². The van der Waals surface area contributed by atoms with Crippen molar-refractivity contribution >= 4 is 24.3 Å². The van der Waals surface area contributed by atoms with E-state index < -0.39 is 28.8 Å². The first-order chi connectivity index (χ1) is 8.88. The van der Waals surface area contributed by atoms with Gasteiger partial charge in [-0.3, -0.25) is 10.1 Å². The number of aliphatic hydroxyl groups is 2. The summed E-state index contributed by atoms with van der Waals surface area (Å²) in [5.74, 6) is -1.00. The molecule has 0 aliphatic heterocycles.